The molecular weight excluding hydrogens is 432 g/mol. The van der Waals surface area contributed by atoms with Crippen LogP contribution >= 0.6 is 23.4 Å². The molecule has 0 unspecified atom stereocenters. The maximum absolute atomic E-state index is 5.93. The van der Waals surface area contributed by atoms with Crippen LogP contribution in [0.2, 0.25) is 5.02 Å². The summed E-state index contributed by atoms with van der Waals surface area (Å²) < 4.78 is 19.1. The number of fused-ring (bicyclic) bond motifs is 1. The van der Waals surface area contributed by atoms with Crippen molar-refractivity contribution in [2.75, 3.05) is 26.1 Å². The van der Waals surface area contributed by atoms with Gasteiger partial charge in [-0.2, -0.15) is 0 Å². The van der Waals surface area contributed by atoms with E-state index in [0.29, 0.717) is 24.8 Å². The Morgan fingerprint density at radius 1 is 0.839 bits per heavy atom. The van der Waals surface area contributed by atoms with Gasteiger partial charge in [-0.15, -0.1) is 0 Å². The lowest BCUT2D eigenvalue weighted by molar-refractivity contribution is 0.295. The fraction of sp³-hybridized carbons (Fsp3) is 0.208. The van der Waals surface area contributed by atoms with E-state index in [9.17, 15) is 0 Å². The molecule has 0 aliphatic carbocycles. The average Bonchev–Trinajstić information content (AvgIpc) is 3.16. The molecule has 0 N–H and O–H groups in total. The molecule has 7 heteroatoms. The molecule has 160 valence electrons. The molecule has 0 fully saturated rings. The molecule has 0 saturated heterocycles. The summed E-state index contributed by atoms with van der Waals surface area (Å²) in [5, 5.41) is 1.66. The standard InChI is InChI=1S/C24H23ClN2O3S/c1-28-19-10-12-21(13-11-19)29-15-14-27-23-5-3-2-4-22(23)26-24(27)31-17-16-30-20-8-6-18(25)7-9-20/h2-13H,14-17H2,1H3. The summed E-state index contributed by atoms with van der Waals surface area (Å²) in [4.78, 5) is 4.80. The first-order valence-electron chi connectivity index (χ1n) is 9.96. The van der Waals surface area contributed by atoms with Gasteiger partial charge in [0, 0.05) is 10.8 Å². The number of halogens is 1. The number of benzene rings is 3. The molecule has 0 saturated carbocycles. The summed E-state index contributed by atoms with van der Waals surface area (Å²) in [6, 6.07) is 23.2. The Kier molecular flexibility index (Phi) is 7.22. The fourth-order valence-electron chi connectivity index (χ4n) is 3.13. The highest BCUT2D eigenvalue weighted by molar-refractivity contribution is 7.99. The quantitative estimate of drug-likeness (QED) is 0.219. The number of para-hydroxylation sites is 2. The van der Waals surface area contributed by atoms with Crippen LogP contribution in [0.1, 0.15) is 0 Å². The monoisotopic (exact) mass is 454 g/mol. The summed E-state index contributed by atoms with van der Waals surface area (Å²) >= 11 is 7.59. The minimum Gasteiger partial charge on any atom is -0.497 e. The molecule has 4 aromatic rings. The third-order valence-electron chi connectivity index (χ3n) is 4.66. The first-order valence-corrected chi connectivity index (χ1v) is 11.3. The van der Waals surface area contributed by atoms with Gasteiger partial charge in [-0.05, 0) is 60.7 Å². The van der Waals surface area contributed by atoms with Crippen LogP contribution in [0.4, 0.5) is 0 Å². The number of aromatic nitrogens is 2. The Morgan fingerprint density at radius 3 is 2.23 bits per heavy atom. The van der Waals surface area contributed by atoms with Gasteiger partial charge in [0.1, 0.15) is 23.9 Å². The van der Waals surface area contributed by atoms with Gasteiger partial charge < -0.3 is 18.8 Å². The topological polar surface area (TPSA) is 45.5 Å². The Hall–Kier alpha value is -2.83. The number of thioether (sulfide) groups is 1. The summed E-state index contributed by atoms with van der Waals surface area (Å²) in [6.07, 6.45) is 0. The van der Waals surface area contributed by atoms with Crippen LogP contribution in [0.25, 0.3) is 11.0 Å². The van der Waals surface area contributed by atoms with Gasteiger partial charge in [-0.25, -0.2) is 4.98 Å². The van der Waals surface area contributed by atoms with Crippen molar-refractivity contribution in [3.8, 4) is 17.2 Å². The molecule has 4 rings (SSSR count). The average molecular weight is 455 g/mol. The highest BCUT2D eigenvalue weighted by Gasteiger charge is 2.11. The fourth-order valence-corrected chi connectivity index (χ4v) is 4.11. The van der Waals surface area contributed by atoms with Crippen molar-refractivity contribution in [2.24, 2.45) is 0 Å². The lowest BCUT2D eigenvalue weighted by Crippen LogP contribution is -2.10. The number of methoxy groups -OCH3 is 1. The van der Waals surface area contributed by atoms with Gasteiger partial charge in [0.2, 0.25) is 0 Å². The first kappa shape index (κ1) is 21.4. The molecular formula is C24H23ClN2O3S. The number of ether oxygens (including phenoxy) is 3. The van der Waals surface area contributed by atoms with Crippen LogP contribution in [-0.4, -0.2) is 35.6 Å². The second kappa shape index (κ2) is 10.5. The molecule has 0 aliphatic rings. The van der Waals surface area contributed by atoms with Gasteiger partial charge in [-0.3, -0.25) is 0 Å². The lowest BCUT2D eigenvalue weighted by atomic mass is 10.3. The predicted octanol–water partition coefficient (Wildman–Crippen LogP) is 5.95. The normalized spacial score (nSPS) is 10.9. The van der Waals surface area contributed by atoms with Gasteiger partial charge in [0.05, 0.1) is 31.3 Å². The number of nitrogens with zero attached hydrogens (tertiary/aromatic N) is 2. The van der Waals surface area contributed by atoms with Crippen LogP contribution in [-0.2, 0) is 6.54 Å². The van der Waals surface area contributed by atoms with Crippen LogP contribution in [0.15, 0.2) is 78.0 Å². The second-order valence-electron chi connectivity index (χ2n) is 6.71. The van der Waals surface area contributed by atoms with Crippen LogP contribution < -0.4 is 14.2 Å². The van der Waals surface area contributed by atoms with E-state index in [0.717, 1.165) is 39.2 Å². The van der Waals surface area contributed by atoms with Crippen LogP contribution in [0, 0.1) is 0 Å². The van der Waals surface area contributed by atoms with Gasteiger partial charge in [-0.1, -0.05) is 35.5 Å². The SMILES string of the molecule is COc1ccc(OCCn2c(SCCOc3ccc(Cl)cc3)nc3ccccc32)cc1. The van der Waals surface area contributed by atoms with E-state index < -0.39 is 0 Å². The van der Waals surface area contributed by atoms with Crippen molar-refractivity contribution < 1.29 is 14.2 Å². The Balaban J connectivity index is 1.37. The first-order chi connectivity index (χ1) is 15.2. The van der Waals surface area contributed by atoms with Gasteiger partial charge in [0.25, 0.3) is 0 Å². The largest absolute Gasteiger partial charge is 0.497 e. The third-order valence-corrected chi connectivity index (χ3v) is 5.85. The van der Waals surface area contributed by atoms with Crippen molar-refractivity contribution >= 4 is 34.4 Å². The number of hydrogen-bond donors (Lipinski definition) is 0. The molecule has 3 aromatic carbocycles. The maximum atomic E-state index is 5.93. The Morgan fingerprint density at radius 2 is 1.48 bits per heavy atom. The third kappa shape index (κ3) is 5.66. The van der Waals surface area contributed by atoms with Crippen molar-refractivity contribution in [1.82, 2.24) is 9.55 Å². The smallest absolute Gasteiger partial charge is 0.169 e. The number of rotatable bonds is 10. The summed E-state index contributed by atoms with van der Waals surface area (Å²) in [5.74, 6) is 3.22. The van der Waals surface area contributed by atoms with Crippen molar-refractivity contribution in [1.29, 1.82) is 0 Å². The molecule has 31 heavy (non-hydrogen) atoms. The molecule has 0 bridgehead atoms. The number of hydrogen-bond acceptors (Lipinski definition) is 5. The zero-order valence-corrected chi connectivity index (χ0v) is 18.7. The zero-order valence-electron chi connectivity index (χ0n) is 17.2. The number of imidazole rings is 1. The molecule has 0 aliphatic heterocycles. The molecule has 5 nitrogen and oxygen atoms in total. The molecule has 0 atom stereocenters. The van der Waals surface area contributed by atoms with E-state index >= 15 is 0 Å². The zero-order chi connectivity index (χ0) is 21.5. The minimum absolute atomic E-state index is 0.543. The Labute approximate surface area is 190 Å². The highest BCUT2D eigenvalue weighted by atomic mass is 35.5. The van der Waals surface area contributed by atoms with E-state index in [-0.39, 0.29) is 0 Å². The second-order valence-corrected chi connectivity index (χ2v) is 8.21. The summed E-state index contributed by atoms with van der Waals surface area (Å²) in [6.45, 7) is 1.83. The minimum atomic E-state index is 0.543. The molecule has 1 heterocycles. The van der Waals surface area contributed by atoms with Crippen molar-refractivity contribution in [3.05, 3.63) is 77.8 Å². The van der Waals surface area contributed by atoms with E-state index in [4.69, 9.17) is 30.8 Å². The lowest BCUT2D eigenvalue weighted by Gasteiger charge is -2.11. The van der Waals surface area contributed by atoms with E-state index in [1.807, 2.05) is 66.7 Å². The van der Waals surface area contributed by atoms with E-state index in [1.54, 1.807) is 18.9 Å². The van der Waals surface area contributed by atoms with Gasteiger partial charge >= 0.3 is 0 Å². The van der Waals surface area contributed by atoms with Crippen LogP contribution in [0.3, 0.4) is 0 Å². The molecule has 0 radical (unpaired) electrons. The molecule has 0 amide bonds. The summed E-state index contributed by atoms with van der Waals surface area (Å²) in [7, 11) is 1.65. The Bertz CT molecular complexity index is 1110. The van der Waals surface area contributed by atoms with Gasteiger partial charge in [0.15, 0.2) is 5.16 Å². The van der Waals surface area contributed by atoms with Crippen LogP contribution in [0.5, 0.6) is 17.2 Å². The summed E-state index contributed by atoms with van der Waals surface area (Å²) in [5.41, 5.74) is 2.08. The van der Waals surface area contributed by atoms with Crippen molar-refractivity contribution in [3.63, 3.8) is 0 Å². The molecule has 0 spiro atoms. The molecule has 1 aromatic heterocycles. The van der Waals surface area contributed by atoms with Crippen molar-refractivity contribution in [2.45, 2.75) is 11.7 Å². The van der Waals surface area contributed by atoms with E-state index in [2.05, 4.69) is 10.6 Å². The van der Waals surface area contributed by atoms with E-state index in [1.165, 1.54) is 0 Å². The maximum Gasteiger partial charge on any atom is 0.169 e. The predicted molar refractivity (Wildman–Crippen MR) is 126 cm³/mol. The highest BCUT2D eigenvalue weighted by Crippen LogP contribution is 2.25.